The van der Waals surface area contributed by atoms with Gasteiger partial charge >= 0.3 is 11.9 Å². The number of aliphatic hydroxyl groups is 3. The Balaban J connectivity index is 2.01. The predicted molar refractivity (Wildman–Crippen MR) is 96.4 cm³/mol. The summed E-state index contributed by atoms with van der Waals surface area (Å²) in [5.41, 5.74) is -1.50. The van der Waals surface area contributed by atoms with Crippen molar-refractivity contribution in [2.45, 2.75) is 43.7 Å². The van der Waals surface area contributed by atoms with Gasteiger partial charge in [-0.2, -0.15) is 0 Å². The quantitative estimate of drug-likeness (QED) is 0.390. The summed E-state index contributed by atoms with van der Waals surface area (Å²) in [7, 11) is 1.39. The summed E-state index contributed by atoms with van der Waals surface area (Å²) in [5, 5.41) is 40.2. The Hall–Kier alpha value is -2.62. The number of esters is 2. The number of carbonyl (C=O) groups is 2. The molecule has 154 valence electrons. The zero-order chi connectivity index (χ0) is 20.9. The van der Waals surface area contributed by atoms with Gasteiger partial charge in [0.15, 0.2) is 23.2 Å². The van der Waals surface area contributed by atoms with Gasteiger partial charge in [-0.25, -0.2) is 9.59 Å². The fraction of sp³-hybridized carbons (Fsp3) is 0.474. The summed E-state index contributed by atoms with van der Waals surface area (Å²) >= 11 is 0. The molecule has 1 aliphatic carbocycles. The van der Waals surface area contributed by atoms with Crippen molar-refractivity contribution >= 4 is 18.0 Å². The maximum Gasteiger partial charge on any atom is 0.338 e. The second-order valence-electron chi connectivity index (χ2n) is 6.46. The smallest absolute Gasteiger partial charge is 0.338 e. The summed E-state index contributed by atoms with van der Waals surface area (Å²) in [5.74, 6) is -1.60. The van der Waals surface area contributed by atoms with Crippen LogP contribution in [0.15, 0.2) is 24.3 Å². The molecular formula is C19H24O9. The molecule has 0 saturated heterocycles. The molecule has 0 aromatic heterocycles. The number of aliphatic hydroxyl groups excluding tert-OH is 2. The molecule has 9 heteroatoms. The topological polar surface area (TPSA) is 143 Å². The van der Waals surface area contributed by atoms with Crippen molar-refractivity contribution in [1.29, 1.82) is 0 Å². The number of rotatable bonds is 6. The highest BCUT2D eigenvalue weighted by atomic mass is 16.6. The van der Waals surface area contributed by atoms with E-state index in [1.807, 2.05) is 0 Å². The Labute approximate surface area is 161 Å². The van der Waals surface area contributed by atoms with Gasteiger partial charge in [0, 0.05) is 18.9 Å². The molecule has 2 unspecified atom stereocenters. The second kappa shape index (κ2) is 9.05. The lowest BCUT2D eigenvalue weighted by molar-refractivity contribution is -0.199. The maximum atomic E-state index is 12.0. The number of aromatic hydroxyl groups is 1. The highest BCUT2D eigenvalue weighted by molar-refractivity contribution is 5.87. The largest absolute Gasteiger partial charge is 0.504 e. The van der Waals surface area contributed by atoms with Crippen LogP contribution in [0.25, 0.3) is 6.08 Å². The molecule has 0 heterocycles. The van der Waals surface area contributed by atoms with Crippen molar-refractivity contribution in [3.63, 3.8) is 0 Å². The number of phenolic OH excluding ortho intramolecular Hbond substituents is 1. The lowest BCUT2D eigenvalue weighted by Gasteiger charge is -2.39. The van der Waals surface area contributed by atoms with E-state index in [0.717, 1.165) is 6.08 Å². The SMILES string of the molecule is CCOC(=O)C1(O)C[C@@H](O)C(OC(=O)/C=C/c2ccc(O)c(OC)c2)[C@@H](O)C1. The summed E-state index contributed by atoms with van der Waals surface area (Å²) in [6, 6.07) is 4.45. The van der Waals surface area contributed by atoms with E-state index in [-0.39, 0.29) is 18.1 Å². The summed E-state index contributed by atoms with van der Waals surface area (Å²) in [6.07, 6.45) is -2.59. The van der Waals surface area contributed by atoms with E-state index in [2.05, 4.69) is 0 Å². The van der Waals surface area contributed by atoms with E-state index in [0.29, 0.717) is 5.56 Å². The van der Waals surface area contributed by atoms with Crippen molar-refractivity contribution in [1.82, 2.24) is 0 Å². The second-order valence-corrected chi connectivity index (χ2v) is 6.46. The molecular weight excluding hydrogens is 372 g/mol. The molecule has 2 rings (SSSR count). The van der Waals surface area contributed by atoms with E-state index in [9.17, 15) is 30.0 Å². The van der Waals surface area contributed by atoms with Crippen molar-refractivity contribution < 1.29 is 44.2 Å². The molecule has 0 spiro atoms. The van der Waals surface area contributed by atoms with Crippen LogP contribution in [-0.2, 0) is 19.1 Å². The zero-order valence-corrected chi connectivity index (χ0v) is 15.6. The minimum Gasteiger partial charge on any atom is -0.504 e. The predicted octanol–water partition coefficient (Wildman–Crippen LogP) is 0.136. The molecule has 1 aliphatic rings. The van der Waals surface area contributed by atoms with Gasteiger partial charge < -0.3 is 34.6 Å². The van der Waals surface area contributed by atoms with Gasteiger partial charge in [-0.1, -0.05) is 6.07 Å². The molecule has 1 aromatic carbocycles. The Morgan fingerprint density at radius 2 is 1.89 bits per heavy atom. The monoisotopic (exact) mass is 396 g/mol. The normalized spacial score (nSPS) is 27.4. The Morgan fingerprint density at radius 3 is 2.46 bits per heavy atom. The van der Waals surface area contributed by atoms with Crippen LogP contribution in [0.5, 0.6) is 11.5 Å². The van der Waals surface area contributed by atoms with Gasteiger partial charge in [0.25, 0.3) is 0 Å². The zero-order valence-electron chi connectivity index (χ0n) is 15.6. The van der Waals surface area contributed by atoms with Crippen LogP contribution in [0.2, 0.25) is 0 Å². The molecule has 28 heavy (non-hydrogen) atoms. The Kier molecular flexibility index (Phi) is 7.00. The number of benzene rings is 1. The lowest BCUT2D eigenvalue weighted by Crippen LogP contribution is -2.57. The lowest BCUT2D eigenvalue weighted by atomic mass is 9.79. The van der Waals surface area contributed by atoms with Crippen molar-refractivity contribution in [3.05, 3.63) is 29.8 Å². The number of methoxy groups -OCH3 is 1. The molecule has 4 atom stereocenters. The standard InChI is InChI=1S/C19H24O9/c1-3-27-18(24)19(25)9-13(21)17(14(22)10-19)28-16(23)7-5-11-4-6-12(20)15(8-11)26-2/h4-8,13-14,17,20-22,25H,3,9-10H2,1-2H3/b7-5+/t13-,14+,17?,19?. The average Bonchev–Trinajstić information content (AvgIpc) is 2.64. The van der Waals surface area contributed by atoms with Gasteiger partial charge in [0.2, 0.25) is 0 Å². The van der Waals surface area contributed by atoms with Gasteiger partial charge in [0.05, 0.1) is 25.9 Å². The third-order valence-electron chi connectivity index (χ3n) is 4.38. The molecule has 0 aliphatic heterocycles. The first-order chi connectivity index (χ1) is 13.2. The number of phenols is 1. The highest BCUT2D eigenvalue weighted by Gasteiger charge is 2.51. The fourth-order valence-electron chi connectivity index (χ4n) is 2.99. The molecule has 0 bridgehead atoms. The van der Waals surface area contributed by atoms with E-state index in [1.165, 1.54) is 25.3 Å². The number of ether oxygens (including phenoxy) is 3. The van der Waals surface area contributed by atoms with Crippen molar-refractivity contribution in [2.75, 3.05) is 13.7 Å². The van der Waals surface area contributed by atoms with Crippen molar-refractivity contribution in [3.8, 4) is 11.5 Å². The van der Waals surface area contributed by atoms with Crippen LogP contribution in [0.1, 0.15) is 25.3 Å². The minimum atomic E-state index is -2.05. The number of hydrogen-bond acceptors (Lipinski definition) is 9. The number of carbonyl (C=O) groups excluding carboxylic acids is 2. The van der Waals surface area contributed by atoms with E-state index >= 15 is 0 Å². The first-order valence-corrected chi connectivity index (χ1v) is 8.71. The molecule has 1 fully saturated rings. The fourth-order valence-corrected chi connectivity index (χ4v) is 2.99. The van der Waals surface area contributed by atoms with Gasteiger partial charge in [0.1, 0.15) is 0 Å². The number of hydrogen-bond donors (Lipinski definition) is 4. The minimum absolute atomic E-state index is 0.0403. The van der Waals surface area contributed by atoms with Crippen LogP contribution in [-0.4, -0.2) is 70.0 Å². The van der Waals surface area contributed by atoms with Crippen LogP contribution in [0.4, 0.5) is 0 Å². The average molecular weight is 396 g/mol. The van der Waals surface area contributed by atoms with E-state index in [4.69, 9.17) is 14.2 Å². The molecule has 0 radical (unpaired) electrons. The highest BCUT2D eigenvalue weighted by Crippen LogP contribution is 2.32. The van der Waals surface area contributed by atoms with Crippen molar-refractivity contribution in [2.24, 2.45) is 0 Å². The van der Waals surface area contributed by atoms with Crippen LogP contribution >= 0.6 is 0 Å². The molecule has 0 amide bonds. The Bertz CT molecular complexity index is 731. The summed E-state index contributed by atoms with van der Waals surface area (Å²) in [6.45, 7) is 1.61. The summed E-state index contributed by atoms with van der Waals surface area (Å²) in [4.78, 5) is 23.9. The Morgan fingerprint density at radius 1 is 1.25 bits per heavy atom. The van der Waals surface area contributed by atoms with Gasteiger partial charge in [-0.05, 0) is 30.7 Å². The first-order valence-electron chi connectivity index (χ1n) is 8.71. The third-order valence-corrected chi connectivity index (χ3v) is 4.38. The van der Waals surface area contributed by atoms with Crippen LogP contribution in [0, 0.1) is 0 Å². The van der Waals surface area contributed by atoms with Crippen LogP contribution in [0.3, 0.4) is 0 Å². The molecule has 1 saturated carbocycles. The van der Waals surface area contributed by atoms with E-state index < -0.39 is 48.7 Å². The van der Waals surface area contributed by atoms with Crippen LogP contribution < -0.4 is 4.74 Å². The third kappa shape index (κ3) is 5.00. The molecule has 1 aromatic rings. The van der Waals surface area contributed by atoms with E-state index in [1.54, 1.807) is 13.0 Å². The van der Waals surface area contributed by atoms with Gasteiger partial charge in [-0.3, -0.25) is 0 Å². The summed E-state index contributed by atoms with van der Waals surface area (Å²) < 4.78 is 14.8. The molecule has 9 nitrogen and oxygen atoms in total. The van der Waals surface area contributed by atoms with Gasteiger partial charge in [-0.15, -0.1) is 0 Å². The first kappa shape index (κ1) is 21.7. The maximum absolute atomic E-state index is 12.0. The molecule has 4 N–H and O–H groups in total.